The maximum atomic E-state index is 13.8. The predicted octanol–water partition coefficient (Wildman–Crippen LogP) is 5.34. The molecule has 0 radical (unpaired) electrons. The molecular formula is C24H27F2N3O2. The van der Waals surface area contributed by atoms with Gasteiger partial charge in [-0.15, -0.1) is 0 Å². The number of aromatic amines is 1. The summed E-state index contributed by atoms with van der Waals surface area (Å²) < 4.78 is 33.3. The molecule has 2 N–H and O–H groups in total. The van der Waals surface area contributed by atoms with Crippen molar-refractivity contribution >= 4 is 10.9 Å². The minimum Gasteiger partial charge on any atom is -0.496 e. The van der Waals surface area contributed by atoms with Crippen LogP contribution in [0.3, 0.4) is 0 Å². The zero-order chi connectivity index (χ0) is 21.8. The van der Waals surface area contributed by atoms with E-state index >= 15 is 0 Å². The molecule has 1 aliphatic heterocycles. The summed E-state index contributed by atoms with van der Waals surface area (Å²) in [5.74, 6) is -1.75. The van der Waals surface area contributed by atoms with Crippen LogP contribution >= 0.6 is 0 Å². The van der Waals surface area contributed by atoms with Crippen molar-refractivity contribution in [3.63, 3.8) is 0 Å². The van der Waals surface area contributed by atoms with Gasteiger partial charge in [0.25, 0.3) is 0 Å². The summed E-state index contributed by atoms with van der Waals surface area (Å²) in [6.45, 7) is 3.43. The summed E-state index contributed by atoms with van der Waals surface area (Å²) in [4.78, 5) is 9.71. The summed E-state index contributed by atoms with van der Waals surface area (Å²) in [5, 5.41) is 10.8. The number of hydrogen-bond acceptors (Lipinski definition) is 4. The van der Waals surface area contributed by atoms with Gasteiger partial charge in [-0.05, 0) is 55.0 Å². The molecule has 31 heavy (non-hydrogen) atoms. The fourth-order valence-corrected chi connectivity index (χ4v) is 5.64. The van der Waals surface area contributed by atoms with Crippen molar-refractivity contribution in [1.82, 2.24) is 14.9 Å². The van der Waals surface area contributed by atoms with E-state index in [1.807, 2.05) is 18.3 Å². The Morgan fingerprint density at radius 1 is 1.29 bits per heavy atom. The van der Waals surface area contributed by atoms with Crippen LogP contribution in [0.5, 0.6) is 11.6 Å². The molecule has 1 aromatic carbocycles. The van der Waals surface area contributed by atoms with Gasteiger partial charge in [0, 0.05) is 60.4 Å². The van der Waals surface area contributed by atoms with Gasteiger partial charge < -0.3 is 14.8 Å². The summed E-state index contributed by atoms with van der Waals surface area (Å²) in [5.41, 5.74) is 3.93. The molecule has 1 atom stereocenters. The number of ether oxygens (including phenoxy) is 1. The molecule has 5 nitrogen and oxygen atoms in total. The third kappa shape index (κ3) is 3.55. The van der Waals surface area contributed by atoms with Crippen LogP contribution < -0.4 is 4.74 Å². The van der Waals surface area contributed by atoms with E-state index in [0.717, 1.165) is 46.3 Å². The van der Waals surface area contributed by atoms with Crippen LogP contribution in [0.1, 0.15) is 48.4 Å². The number of piperidine rings is 1. The molecule has 0 bridgehead atoms. The number of aromatic nitrogens is 2. The molecule has 3 heterocycles. The zero-order valence-electron chi connectivity index (χ0n) is 17.8. The second-order valence-electron chi connectivity index (χ2n) is 9.24. The van der Waals surface area contributed by atoms with Gasteiger partial charge in [0.15, 0.2) is 0 Å². The summed E-state index contributed by atoms with van der Waals surface area (Å²) in [6.07, 6.45) is 4.96. The zero-order valence-corrected chi connectivity index (χ0v) is 17.8. The average molecular weight is 427 g/mol. The molecule has 3 aromatic rings. The van der Waals surface area contributed by atoms with Crippen molar-refractivity contribution in [2.24, 2.45) is 5.41 Å². The van der Waals surface area contributed by atoms with Gasteiger partial charge >= 0.3 is 0 Å². The number of likely N-dealkylation sites (tertiary alicyclic amines) is 1. The fourth-order valence-electron chi connectivity index (χ4n) is 5.64. The van der Waals surface area contributed by atoms with Crippen LogP contribution in [-0.4, -0.2) is 39.6 Å². The topological polar surface area (TPSA) is 61.4 Å². The molecule has 1 saturated carbocycles. The average Bonchev–Trinajstić information content (AvgIpc) is 3.21. The van der Waals surface area contributed by atoms with E-state index < -0.39 is 5.92 Å². The van der Waals surface area contributed by atoms with E-state index in [0.29, 0.717) is 13.0 Å². The lowest BCUT2D eigenvalue weighted by atomic mass is 9.59. The lowest BCUT2D eigenvalue weighted by molar-refractivity contribution is -0.186. The number of fused-ring (bicyclic) bond motifs is 1. The third-order valence-electron chi connectivity index (χ3n) is 7.11. The molecule has 1 saturated heterocycles. The number of methoxy groups -OCH3 is 1. The largest absolute Gasteiger partial charge is 0.496 e. The molecule has 0 amide bonds. The van der Waals surface area contributed by atoms with Gasteiger partial charge in [0.2, 0.25) is 11.8 Å². The van der Waals surface area contributed by atoms with Gasteiger partial charge in [0.05, 0.1) is 7.11 Å². The standard InChI is InChI=1S/C24H27F2N3O2/c1-15-9-20(31-2)18(17-5-7-27-22(15)17)12-29-8-6-23(13-24(25,26)14-23)10-19(29)16-3-4-21(30)28-11-16/h3-5,7,9,11,19,27H,6,8,10,12-14H2,1-2H3,(H,28,30)/t19-/m0/s1. The second-order valence-corrected chi connectivity index (χ2v) is 9.24. The summed E-state index contributed by atoms with van der Waals surface area (Å²) >= 11 is 0. The van der Waals surface area contributed by atoms with Crippen molar-refractivity contribution in [3.8, 4) is 11.6 Å². The Bertz CT molecular complexity index is 1100. The Balaban J connectivity index is 1.50. The number of aromatic hydroxyl groups is 1. The molecule has 2 aliphatic rings. The number of halogens is 2. The van der Waals surface area contributed by atoms with Gasteiger partial charge in [-0.3, -0.25) is 4.90 Å². The number of benzene rings is 1. The number of H-pyrrole nitrogens is 1. The first-order valence-electron chi connectivity index (χ1n) is 10.7. The normalized spacial score (nSPS) is 22.5. The number of rotatable bonds is 4. The number of pyridine rings is 1. The first kappa shape index (κ1) is 20.2. The monoisotopic (exact) mass is 427 g/mol. The SMILES string of the molecule is COc1cc(C)c2[nH]ccc2c1CN1CCC2(C[C@H]1c1ccc(O)nc1)CC(F)(F)C2. The van der Waals surface area contributed by atoms with Gasteiger partial charge in [-0.1, -0.05) is 6.07 Å². The van der Waals surface area contributed by atoms with Gasteiger partial charge in [-0.2, -0.15) is 0 Å². The Kier molecular flexibility index (Phi) is 4.70. The number of hydrogen-bond donors (Lipinski definition) is 2. The predicted molar refractivity (Wildman–Crippen MR) is 114 cm³/mol. The van der Waals surface area contributed by atoms with E-state index in [9.17, 15) is 13.9 Å². The molecular weight excluding hydrogens is 400 g/mol. The molecule has 164 valence electrons. The highest BCUT2D eigenvalue weighted by Gasteiger charge is 2.58. The van der Waals surface area contributed by atoms with Crippen molar-refractivity contribution in [2.45, 2.75) is 51.1 Å². The molecule has 1 aliphatic carbocycles. The van der Waals surface area contributed by atoms with Crippen LogP contribution in [0.25, 0.3) is 10.9 Å². The van der Waals surface area contributed by atoms with Crippen LogP contribution in [-0.2, 0) is 6.54 Å². The quantitative estimate of drug-likeness (QED) is 0.590. The highest BCUT2D eigenvalue weighted by atomic mass is 19.3. The highest BCUT2D eigenvalue weighted by Crippen LogP contribution is 2.60. The number of aryl methyl sites for hydroxylation is 1. The maximum Gasteiger partial charge on any atom is 0.249 e. The lowest BCUT2D eigenvalue weighted by Gasteiger charge is -2.54. The molecule has 2 aromatic heterocycles. The Hall–Kier alpha value is -2.67. The van der Waals surface area contributed by atoms with Crippen LogP contribution in [0.15, 0.2) is 36.7 Å². The van der Waals surface area contributed by atoms with Gasteiger partial charge in [0.1, 0.15) is 5.75 Å². The van der Waals surface area contributed by atoms with Crippen molar-refractivity contribution in [1.29, 1.82) is 0 Å². The molecule has 5 rings (SSSR count). The van der Waals surface area contributed by atoms with Crippen molar-refractivity contribution < 1.29 is 18.6 Å². The summed E-state index contributed by atoms with van der Waals surface area (Å²) in [6, 6.07) is 7.49. The van der Waals surface area contributed by atoms with Crippen LogP contribution in [0, 0.1) is 12.3 Å². The van der Waals surface area contributed by atoms with E-state index in [4.69, 9.17) is 4.74 Å². The molecule has 2 fully saturated rings. The third-order valence-corrected chi connectivity index (χ3v) is 7.11. The van der Waals surface area contributed by atoms with Crippen molar-refractivity contribution in [2.75, 3.05) is 13.7 Å². The number of alkyl halides is 2. The Labute approximate surface area is 180 Å². The lowest BCUT2D eigenvalue weighted by Crippen LogP contribution is -2.53. The van der Waals surface area contributed by atoms with E-state index in [2.05, 4.69) is 27.9 Å². The van der Waals surface area contributed by atoms with E-state index in [1.54, 1.807) is 19.4 Å². The second kappa shape index (κ2) is 7.19. The highest BCUT2D eigenvalue weighted by molar-refractivity contribution is 5.88. The van der Waals surface area contributed by atoms with Crippen LogP contribution in [0.4, 0.5) is 8.78 Å². The molecule has 0 unspecified atom stereocenters. The number of nitrogens with zero attached hydrogens (tertiary/aromatic N) is 2. The summed E-state index contributed by atoms with van der Waals surface area (Å²) in [7, 11) is 1.68. The van der Waals surface area contributed by atoms with Crippen LogP contribution in [0.2, 0.25) is 0 Å². The first-order valence-corrected chi connectivity index (χ1v) is 10.7. The molecule has 7 heteroatoms. The van der Waals surface area contributed by atoms with Crippen molar-refractivity contribution in [3.05, 3.63) is 53.3 Å². The minimum absolute atomic E-state index is 0.0360. The minimum atomic E-state index is -2.54. The van der Waals surface area contributed by atoms with Gasteiger partial charge in [-0.25, -0.2) is 13.8 Å². The fraction of sp³-hybridized carbons (Fsp3) is 0.458. The van der Waals surface area contributed by atoms with E-state index in [1.165, 1.54) is 0 Å². The Morgan fingerprint density at radius 2 is 2.10 bits per heavy atom. The Morgan fingerprint density at radius 3 is 2.77 bits per heavy atom. The molecule has 1 spiro atoms. The van der Waals surface area contributed by atoms with E-state index in [-0.39, 0.29) is 30.2 Å². The maximum absolute atomic E-state index is 13.8. The number of nitrogens with one attached hydrogen (secondary N) is 1. The smallest absolute Gasteiger partial charge is 0.249 e. The first-order chi connectivity index (χ1) is 14.8.